The molecule has 3 fully saturated rings. The summed E-state index contributed by atoms with van der Waals surface area (Å²) in [5.41, 5.74) is 0. The third kappa shape index (κ3) is 3.62. The molecule has 7 nitrogen and oxygen atoms in total. The van der Waals surface area contributed by atoms with Crippen molar-refractivity contribution in [1.29, 1.82) is 0 Å². The second-order valence-electron chi connectivity index (χ2n) is 7.79. The Morgan fingerprint density at radius 1 is 0.962 bits per heavy atom. The van der Waals surface area contributed by atoms with Crippen LogP contribution in [0.3, 0.4) is 0 Å². The summed E-state index contributed by atoms with van der Waals surface area (Å²) in [4.78, 5) is 50.8. The van der Waals surface area contributed by atoms with E-state index in [0.29, 0.717) is 12.8 Å². The summed E-state index contributed by atoms with van der Waals surface area (Å²) < 4.78 is 5.25. The van der Waals surface area contributed by atoms with E-state index < -0.39 is 18.1 Å². The Labute approximate surface area is 153 Å². The van der Waals surface area contributed by atoms with Crippen LogP contribution in [0.5, 0.6) is 0 Å². The van der Waals surface area contributed by atoms with Crippen LogP contribution in [0, 0.1) is 11.8 Å². The van der Waals surface area contributed by atoms with Crippen LogP contribution < -0.4 is 5.32 Å². The third-order valence-electron chi connectivity index (χ3n) is 5.97. The number of nitrogens with one attached hydrogen (secondary N) is 1. The lowest BCUT2D eigenvalue weighted by Gasteiger charge is -2.24. The van der Waals surface area contributed by atoms with E-state index in [-0.39, 0.29) is 35.6 Å². The SMILES string of the molecule is CC(OC(=O)[C@H](C)N1C(=O)C2CCCCC2C1=O)C(=O)NC1CCCC1. The van der Waals surface area contributed by atoms with Crippen LogP contribution in [0.25, 0.3) is 0 Å². The first-order chi connectivity index (χ1) is 12.4. The van der Waals surface area contributed by atoms with Crippen molar-refractivity contribution in [3.8, 4) is 0 Å². The number of carbonyl (C=O) groups is 4. The number of fused-ring (bicyclic) bond motifs is 1. The zero-order valence-electron chi connectivity index (χ0n) is 15.5. The summed E-state index contributed by atoms with van der Waals surface area (Å²) in [6.07, 6.45) is 6.42. The summed E-state index contributed by atoms with van der Waals surface area (Å²) in [5, 5.41) is 2.89. The minimum atomic E-state index is -0.998. The van der Waals surface area contributed by atoms with Gasteiger partial charge in [-0.2, -0.15) is 0 Å². The first kappa shape index (κ1) is 18.9. The number of imide groups is 1. The van der Waals surface area contributed by atoms with Crippen molar-refractivity contribution in [2.24, 2.45) is 11.8 Å². The van der Waals surface area contributed by atoms with E-state index in [1.165, 1.54) is 13.8 Å². The normalized spacial score (nSPS) is 28.6. The number of nitrogens with zero attached hydrogens (tertiary/aromatic N) is 1. The van der Waals surface area contributed by atoms with E-state index >= 15 is 0 Å². The molecular formula is C19H28N2O5. The Bertz CT molecular complexity index is 575. The Hall–Kier alpha value is -1.92. The molecule has 3 rings (SSSR count). The molecule has 3 aliphatic rings. The Morgan fingerprint density at radius 2 is 1.46 bits per heavy atom. The number of carbonyl (C=O) groups excluding carboxylic acids is 4. The van der Waals surface area contributed by atoms with Gasteiger partial charge in [0.05, 0.1) is 11.8 Å². The fraction of sp³-hybridized carbons (Fsp3) is 0.789. The number of esters is 1. The average Bonchev–Trinajstić information content (AvgIpc) is 3.22. The van der Waals surface area contributed by atoms with E-state index in [4.69, 9.17) is 4.74 Å². The number of likely N-dealkylation sites (tertiary alicyclic amines) is 1. The summed E-state index contributed by atoms with van der Waals surface area (Å²) in [7, 11) is 0. The number of hydrogen-bond donors (Lipinski definition) is 1. The van der Waals surface area contributed by atoms with Crippen LogP contribution in [0.15, 0.2) is 0 Å². The molecule has 3 unspecified atom stereocenters. The standard InChI is InChI=1S/C19H28N2O5/c1-11(21-17(23)14-9-5-6-10-15(14)18(21)24)19(25)26-12(2)16(22)20-13-7-3-4-8-13/h11-15H,3-10H2,1-2H3,(H,20,22)/t11-,12?,14?,15?/m0/s1. The van der Waals surface area contributed by atoms with Gasteiger partial charge in [-0.15, -0.1) is 0 Å². The van der Waals surface area contributed by atoms with Crippen LogP contribution in [-0.4, -0.2) is 46.8 Å². The molecule has 0 spiro atoms. The fourth-order valence-electron chi connectivity index (χ4n) is 4.39. The molecule has 144 valence electrons. The van der Waals surface area contributed by atoms with Gasteiger partial charge in [-0.3, -0.25) is 19.3 Å². The molecule has 1 N–H and O–H groups in total. The van der Waals surface area contributed by atoms with Crippen molar-refractivity contribution in [3.63, 3.8) is 0 Å². The Morgan fingerprint density at radius 3 is 2.00 bits per heavy atom. The highest BCUT2D eigenvalue weighted by atomic mass is 16.5. The van der Waals surface area contributed by atoms with Gasteiger partial charge < -0.3 is 10.1 Å². The summed E-state index contributed by atoms with van der Waals surface area (Å²) in [5.74, 6) is -2.17. The molecule has 2 saturated carbocycles. The molecule has 26 heavy (non-hydrogen) atoms. The van der Waals surface area contributed by atoms with Crippen LogP contribution in [0.1, 0.15) is 65.2 Å². The van der Waals surface area contributed by atoms with Gasteiger partial charge in [0.15, 0.2) is 6.10 Å². The number of hydrogen-bond acceptors (Lipinski definition) is 5. The maximum atomic E-state index is 12.6. The lowest BCUT2D eigenvalue weighted by atomic mass is 9.81. The number of amides is 3. The highest BCUT2D eigenvalue weighted by Crippen LogP contribution is 2.38. The van der Waals surface area contributed by atoms with Gasteiger partial charge >= 0.3 is 5.97 Å². The summed E-state index contributed by atoms with van der Waals surface area (Å²) in [6, 6.07) is -0.853. The van der Waals surface area contributed by atoms with Crippen LogP contribution in [-0.2, 0) is 23.9 Å². The zero-order chi connectivity index (χ0) is 18.8. The highest BCUT2D eigenvalue weighted by Gasteiger charge is 2.51. The predicted octanol–water partition coefficient (Wildman–Crippen LogP) is 1.54. The van der Waals surface area contributed by atoms with Gasteiger partial charge in [0, 0.05) is 6.04 Å². The summed E-state index contributed by atoms with van der Waals surface area (Å²) >= 11 is 0. The number of rotatable bonds is 5. The van der Waals surface area contributed by atoms with Crippen LogP contribution >= 0.6 is 0 Å². The third-order valence-corrected chi connectivity index (χ3v) is 5.97. The number of ether oxygens (including phenoxy) is 1. The van der Waals surface area contributed by atoms with Crippen molar-refractivity contribution in [1.82, 2.24) is 10.2 Å². The molecule has 0 aromatic heterocycles. The maximum Gasteiger partial charge on any atom is 0.329 e. The molecule has 0 aromatic rings. The van der Waals surface area contributed by atoms with E-state index in [1.54, 1.807) is 0 Å². The molecular weight excluding hydrogens is 336 g/mol. The highest BCUT2D eigenvalue weighted by molar-refractivity contribution is 6.07. The zero-order valence-corrected chi connectivity index (χ0v) is 15.5. The van der Waals surface area contributed by atoms with Crippen molar-refractivity contribution in [3.05, 3.63) is 0 Å². The fourth-order valence-corrected chi connectivity index (χ4v) is 4.39. The predicted molar refractivity (Wildman–Crippen MR) is 92.7 cm³/mol. The van der Waals surface area contributed by atoms with E-state index in [1.807, 2.05) is 0 Å². The summed E-state index contributed by atoms with van der Waals surface area (Å²) in [6.45, 7) is 3.01. The maximum absolute atomic E-state index is 12.6. The van der Waals surface area contributed by atoms with Gasteiger partial charge in [0.1, 0.15) is 6.04 Å². The van der Waals surface area contributed by atoms with Crippen molar-refractivity contribution >= 4 is 23.7 Å². The van der Waals surface area contributed by atoms with Crippen molar-refractivity contribution in [2.45, 2.75) is 83.4 Å². The second kappa shape index (κ2) is 7.76. The van der Waals surface area contributed by atoms with E-state index in [2.05, 4.69) is 5.32 Å². The molecule has 0 aromatic carbocycles. The van der Waals surface area contributed by atoms with Gasteiger partial charge in [0.25, 0.3) is 5.91 Å². The van der Waals surface area contributed by atoms with Gasteiger partial charge in [-0.1, -0.05) is 25.7 Å². The minimum Gasteiger partial charge on any atom is -0.451 e. The first-order valence-corrected chi connectivity index (χ1v) is 9.78. The molecule has 0 radical (unpaired) electrons. The van der Waals surface area contributed by atoms with E-state index in [0.717, 1.165) is 43.4 Å². The van der Waals surface area contributed by atoms with Gasteiger partial charge in [-0.25, -0.2) is 4.79 Å². The van der Waals surface area contributed by atoms with Gasteiger partial charge in [0.2, 0.25) is 11.8 Å². The molecule has 1 saturated heterocycles. The topological polar surface area (TPSA) is 92.8 Å². The average molecular weight is 364 g/mol. The largest absolute Gasteiger partial charge is 0.451 e. The van der Waals surface area contributed by atoms with Crippen molar-refractivity contribution < 1.29 is 23.9 Å². The molecule has 4 atom stereocenters. The molecule has 1 aliphatic heterocycles. The van der Waals surface area contributed by atoms with Crippen LogP contribution in [0.4, 0.5) is 0 Å². The van der Waals surface area contributed by atoms with E-state index in [9.17, 15) is 19.2 Å². The molecule has 1 heterocycles. The van der Waals surface area contributed by atoms with Crippen molar-refractivity contribution in [2.75, 3.05) is 0 Å². The molecule has 3 amide bonds. The molecule has 0 bridgehead atoms. The Balaban J connectivity index is 1.57. The lowest BCUT2D eigenvalue weighted by Crippen LogP contribution is -2.47. The Kier molecular flexibility index (Phi) is 5.63. The minimum absolute atomic E-state index is 0.144. The monoisotopic (exact) mass is 364 g/mol. The van der Waals surface area contributed by atoms with Crippen LogP contribution in [0.2, 0.25) is 0 Å². The lowest BCUT2D eigenvalue weighted by molar-refractivity contribution is -0.164. The smallest absolute Gasteiger partial charge is 0.329 e. The quantitative estimate of drug-likeness (QED) is 0.590. The van der Waals surface area contributed by atoms with Gasteiger partial charge in [-0.05, 0) is 39.5 Å². The second-order valence-corrected chi connectivity index (χ2v) is 7.79. The molecule has 2 aliphatic carbocycles. The molecule has 7 heteroatoms. The first-order valence-electron chi connectivity index (χ1n) is 9.78.